The average molecular weight is 261 g/mol. The summed E-state index contributed by atoms with van der Waals surface area (Å²) in [5.74, 6) is 0.340. The van der Waals surface area contributed by atoms with E-state index in [0.717, 1.165) is 45.9 Å². The van der Waals surface area contributed by atoms with Gasteiger partial charge in [0.15, 0.2) is 0 Å². The Balaban J connectivity index is 4.01. The number of hydrogen-bond donors (Lipinski definition) is 1. The molecule has 0 spiro atoms. The molecular weight excluding hydrogens is 230 g/mol. The molecular formula is C14H31NO3. The predicted molar refractivity (Wildman–Crippen MR) is 74.9 cm³/mol. The summed E-state index contributed by atoms with van der Waals surface area (Å²) < 4.78 is 10.7. The van der Waals surface area contributed by atoms with Gasteiger partial charge in [-0.1, -0.05) is 20.3 Å². The van der Waals surface area contributed by atoms with E-state index in [1.54, 1.807) is 0 Å². The number of aliphatic hydroxyl groups excluding tert-OH is 1. The highest BCUT2D eigenvalue weighted by Crippen LogP contribution is 2.09. The second-order valence-electron chi connectivity index (χ2n) is 4.65. The van der Waals surface area contributed by atoms with Crippen LogP contribution in [0.1, 0.15) is 34.1 Å². The van der Waals surface area contributed by atoms with Crippen LogP contribution in [0.5, 0.6) is 0 Å². The van der Waals surface area contributed by atoms with E-state index in [0.29, 0.717) is 12.5 Å². The molecule has 4 heteroatoms. The summed E-state index contributed by atoms with van der Waals surface area (Å²) in [7, 11) is 0. The molecule has 1 N–H and O–H groups in total. The van der Waals surface area contributed by atoms with Crippen molar-refractivity contribution >= 4 is 0 Å². The highest BCUT2D eigenvalue weighted by atomic mass is 16.5. The van der Waals surface area contributed by atoms with E-state index in [1.807, 2.05) is 13.8 Å². The maximum Gasteiger partial charge on any atom is 0.0692 e. The van der Waals surface area contributed by atoms with Crippen LogP contribution >= 0.6 is 0 Å². The third-order valence-corrected chi connectivity index (χ3v) is 3.26. The van der Waals surface area contributed by atoms with E-state index in [1.165, 1.54) is 0 Å². The third kappa shape index (κ3) is 8.86. The van der Waals surface area contributed by atoms with Crippen LogP contribution in [0.25, 0.3) is 0 Å². The first-order valence-electron chi connectivity index (χ1n) is 7.21. The molecule has 0 saturated heterocycles. The van der Waals surface area contributed by atoms with E-state index < -0.39 is 0 Å². The molecule has 18 heavy (non-hydrogen) atoms. The number of hydrogen-bond acceptors (Lipinski definition) is 4. The fourth-order valence-electron chi connectivity index (χ4n) is 1.69. The van der Waals surface area contributed by atoms with Gasteiger partial charge in [-0.25, -0.2) is 0 Å². The Morgan fingerprint density at radius 1 is 1.00 bits per heavy atom. The number of rotatable bonds is 12. The lowest BCUT2D eigenvalue weighted by Crippen LogP contribution is -2.39. The van der Waals surface area contributed by atoms with Crippen LogP contribution in [0.4, 0.5) is 0 Å². The average Bonchev–Trinajstić information content (AvgIpc) is 2.37. The first-order valence-corrected chi connectivity index (χ1v) is 7.21. The van der Waals surface area contributed by atoms with Crippen LogP contribution in [0.2, 0.25) is 0 Å². The van der Waals surface area contributed by atoms with Gasteiger partial charge < -0.3 is 14.6 Å². The third-order valence-electron chi connectivity index (χ3n) is 3.26. The molecule has 0 aliphatic heterocycles. The molecule has 110 valence electrons. The van der Waals surface area contributed by atoms with Crippen molar-refractivity contribution in [3.63, 3.8) is 0 Å². The van der Waals surface area contributed by atoms with Crippen molar-refractivity contribution in [1.82, 2.24) is 4.90 Å². The van der Waals surface area contributed by atoms with Gasteiger partial charge in [-0.2, -0.15) is 0 Å². The topological polar surface area (TPSA) is 41.9 Å². The van der Waals surface area contributed by atoms with Crippen LogP contribution in [-0.4, -0.2) is 62.2 Å². The molecule has 4 nitrogen and oxygen atoms in total. The molecule has 0 amide bonds. The fourth-order valence-corrected chi connectivity index (χ4v) is 1.69. The van der Waals surface area contributed by atoms with Gasteiger partial charge >= 0.3 is 0 Å². The molecule has 2 atom stereocenters. The Bertz CT molecular complexity index is 168. The van der Waals surface area contributed by atoms with Gasteiger partial charge in [0.1, 0.15) is 0 Å². The minimum Gasteiger partial charge on any atom is -0.392 e. The summed E-state index contributed by atoms with van der Waals surface area (Å²) >= 11 is 0. The second-order valence-corrected chi connectivity index (χ2v) is 4.65. The van der Waals surface area contributed by atoms with Crippen LogP contribution in [0.3, 0.4) is 0 Å². The maximum atomic E-state index is 10.1. The molecule has 0 radical (unpaired) electrons. The molecule has 0 bridgehead atoms. The van der Waals surface area contributed by atoms with E-state index >= 15 is 0 Å². The second kappa shape index (κ2) is 11.9. The molecule has 0 saturated carbocycles. The van der Waals surface area contributed by atoms with E-state index in [9.17, 15) is 5.11 Å². The van der Waals surface area contributed by atoms with E-state index in [4.69, 9.17) is 9.47 Å². The number of nitrogens with zero attached hydrogens (tertiary/aromatic N) is 1. The molecule has 0 fully saturated rings. The van der Waals surface area contributed by atoms with Gasteiger partial charge in [-0.3, -0.25) is 4.90 Å². The van der Waals surface area contributed by atoms with Gasteiger partial charge in [0.05, 0.1) is 19.3 Å². The highest BCUT2D eigenvalue weighted by Gasteiger charge is 2.16. The lowest BCUT2D eigenvalue weighted by atomic mass is 10.0. The monoisotopic (exact) mass is 261 g/mol. The van der Waals surface area contributed by atoms with E-state index in [2.05, 4.69) is 18.7 Å². The molecule has 0 rings (SSSR count). The fraction of sp³-hybridized carbons (Fsp3) is 1.00. The summed E-state index contributed by atoms with van der Waals surface area (Å²) in [5, 5.41) is 10.1. The van der Waals surface area contributed by atoms with Gasteiger partial charge in [0, 0.05) is 32.8 Å². The van der Waals surface area contributed by atoms with Crippen molar-refractivity contribution in [1.29, 1.82) is 0 Å². The van der Waals surface area contributed by atoms with Crippen LogP contribution in [-0.2, 0) is 9.47 Å². The number of ether oxygens (including phenoxy) is 2. The van der Waals surface area contributed by atoms with Gasteiger partial charge in [-0.15, -0.1) is 0 Å². The van der Waals surface area contributed by atoms with Crippen molar-refractivity contribution in [3.8, 4) is 0 Å². The molecule has 0 aromatic rings. The van der Waals surface area contributed by atoms with Gasteiger partial charge in [-0.05, 0) is 19.8 Å². The zero-order chi connectivity index (χ0) is 13.8. The Morgan fingerprint density at radius 3 is 1.89 bits per heavy atom. The predicted octanol–water partition coefficient (Wildman–Crippen LogP) is 1.77. The molecule has 0 aromatic heterocycles. The van der Waals surface area contributed by atoms with Gasteiger partial charge in [0.25, 0.3) is 0 Å². The Kier molecular flexibility index (Phi) is 11.8. The SMILES string of the molecule is CCOCCN(CCOCC)CC(O)C(C)CC. The summed E-state index contributed by atoms with van der Waals surface area (Å²) in [5.41, 5.74) is 0. The van der Waals surface area contributed by atoms with Crippen LogP contribution in [0.15, 0.2) is 0 Å². The minimum atomic E-state index is -0.266. The van der Waals surface area contributed by atoms with Crippen molar-refractivity contribution in [3.05, 3.63) is 0 Å². The molecule has 0 aliphatic rings. The Hall–Kier alpha value is -0.160. The van der Waals surface area contributed by atoms with Crippen molar-refractivity contribution < 1.29 is 14.6 Å². The highest BCUT2D eigenvalue weighted by molar-refractivity contribution is 4.69. The summed E-state index contributed by atoms with van der Waals surface area (Å²) in [6, 6.07) is 0. The molecule has 2 unspecified atom stereocenters. The van der Waals surface area contributed by atoms with E-state index in [-0.39, 0.29) is 6.10 Å². The normalized spacial score (nSPS) is 15.0. The molecule has 0 heterocycles. The summed E-state index contributed by atoms with van der Waals surface area (Å²) in [6.45, 7) is 13.5. The van der Waals surface area contributed by atoms with Crippen molar-refractivity contribution in [2.45, 2.75) is 40.2 Å². The lowest BCUT2D eigenvalue weighted by Gasteiger charge is -2.27. The zero-order valence-corrected chi connectivity index (χ0v) is 12.5. The molecule has 0 aliphatic carbocycles. The smallest absolute Gasteiger partial charge is 0.0692 e. The van der Waals surface area contributed by atoms with Crippen molar-refractivity contribution in [2.24, 2.45) is 5.92 Å². The van der Waals surface area contributed by atoms with Crippen LogP contribution < -0.4 is 0 Å². The Labute approximate surface area is 112 Å². The minimum absolute atomic E-state index is 0.266. The Morgan fingerprint density at radius 2 is 1.50 bits per heavy atom. The quantitative estimate of drug-likeness (QED) is 0.544. The molecule has 0 aromatic carbocycles. The number of aliphatic hydroxyl groups is 1. The summed E-state index contributed by atoms with van der Waals surface area (Å²) in [6.07, 6.45) is 0.740. The first-order chi connectivity index (χ1) is 8.65. The standard InChI is InChI=1S/C14H31NO3/c1-5-13(4)14(16)12-15(8-10-17-6-2)9-11-18-7-3/h13-14,16H,5-12H2,1-4H3. The van der Waals surface area contributed by atoms with Crippen molar-refractivity contribution in [2.75, 3.05) is 46.1 Å². The first kappa shape index (κ1) is 17.8. The maximum absolute atomic E-state index is 10.1. The zero-order valence-electron chi connectivity index (χ0n) is 12.5. The largest absolute Gasteiger partial charge is 0.392 e. The lowest BCUT2D eigenvalue weighted by molar-refractivity contribution is 0.0346. The van der Waals surface area contributed by atoms with Gasteiger partial charge in [0.2, 0.25) is 0 Å². The van der Waals surface area contributed by atoms with Crippen LogP contribution in [0, 0.1) is 5.92 Å². The summed E-state index contributed by atoms with van der Waals surface area (Å²) in [4.78, 5) is 2.22.